The van der Waals surface area contributed by atoms with Crippen LogP contribution in [0.1, 0.15) is 0 Å². The van der Waals surface area contributed by atoms with E-state index in [0.29, 0.717) is 12.2 Å². The molecule has 5 nitrogen and oxygen atoms in total. The number of hydrogen-bond acceptors (Lipinski definition) is 4. The van der Waals surface area contributed by atoms with Gasteiger partial charge in [0.2, 0.25) is 10.0 Å². The fraction of sp³-hybridized carbons (Fsp3) is 0.400. The monoisotopic (exact) mass is 321 g/mol. The minimum absolute atomic E-state index is 0.0524. The minimum Gasteiger partial charge on any atom is -0.399 e. The zero-order valence-corrected chi connectivity index (χ0v) is 12.2. The summed E-state index contributed by atoms with van der Waals surface area (Å²) in [6.45, 7) is 0.350. The van der Waals surface area contributed by atoms with Gasteiger partial charge in [-0.1, -0.05) is 0 Å². The molecule has 0 heterocycles. The molecule has 0 fully saturated rings. The van der Waals surface area contributed by atoms with Crippen LogP contribution in [0, 0.1) is 0 Å². The van der Waals surface area contributed by atoms with Gasteiger partial charge in [0.15, 0.2) is 0 Å². The molecule has 0 aromatic heterocycles. The maximum Gasteiger partial charge on any atom is 0.215 e. The summed E-state index contributed by atoms with van der Waals surface area (Å²) in [5.74, 6) is 0.0524. The third-order valence-corrected chi connectivity index (χ3v) is 4.71. The van der Waals surface area contributed by atoms with E-state index >= 15 is 0 Å². The quantitative estimate of drug-likeness (QED) is 0.802. The van der Waals surface area contributed by atoms with E-state index in [2.05, 4.69) is 21.2 Å². The van der Waals surface area contributed by atoms with Crippen LogP contribution in [0.25, 0.3) is 0 Å². The molecular weight excluding hydrogens is 306 g/mol. The van der Waals surface area contributed by atoms with Gasteiger partial charge < -0.3 is 11.1 Å². The molecule has 0 aliphatic heterocycles. The van der Waals surface area contributed by atoms with Crippen molar-refractivity contribution in [3.05, 3.63) is 22.7 Å². The maximum absolute atomic E-state index is 11.5. The summed E-state index contributed by atoms with van der Waals surface area (Å²) >= 11 is 3.35. The Morgan fingerprint density at radius 1 is 1.41 bits per heavy atom. The molecule has 0 aliphatic carbocycles. The number of sulfonamides is 1. The number of nitrogen functional groups attached to an aromatic ring is 1. The van der Waals surface area contributed by atoms with E-state index < -0.39 is 10.0 Å². The first-order valence-corrected chi connectivity index (χ1v) is 7.42. The van der Waals surface area contributed by atoms with Gasteiger partial charge in [-0.15, -0.1) is 0 Å². The fourth-order valence-corrected chi connectivity index (χ4v) is 2.43. The summed E-state index contributed by atoms with van der Waals surface area (Å²) in [6, 6.07) is 5.33. The van der Waals surface area contributed by atoms with Crippen molar-refractivity contribution < 1.29 is 8.42 Å². The first kappa shape index (κ1) is 14.3. The Bertz CT molecular complexity index is 488. The van der Waals surface area contributed by atoms with Crippen molar-refractivity contribution in [1.82, 2.24) is 4.31 Å². The minimum atomic E-state index is -3.16. The van der Waals surface area contributed by atoms with Crippen LogP contribution >= 0.6 is 15.9 Å². The van der Waals surface area contributed by atoms with Crippen LogP contribution in [0.5, 0.6) is 0 Å². The van der Waals surface area contributed by atoms with E-state index in [1.165, 1.54) is 18.4 Å². The SMILES string of the molecule is CN(C)S(=O)(=O)CCNc1ccc(N)cc1Br. The van der Waals surface area contributed by atoms with Crippen LogP contribution in [0.3, 0.4) is 0 Å². The number of nitrogens with one attached hydrogen (secondary N) is 1. The molecule has 0 aliphatic rings. The molecule has 3 N–H and O–H groups in total. The van der Waals surface area contributed by atoms with Crippen molar-refractivity contribution in [3.63, 3.8) is 0 Å². The summed E-state index contributed by atoms with van der Waals surface area (Å²) < 4.78 is 25.1. The topological polar surface area (TPSA) is 75.4 Å². The van der Waals surface area contributed by atoms with Crippen LogP contribution in [-0.2, 0) is 10.0 Å². The van der Waals surface area contributed by atoms with Gasteiger partial charge in [0.25, 0.3) is 0 Å². The van der Waals surface area contributed by atoms with Crippen molar-refractivity contribution in [3.8, 4) is 0 Å². The first-order chi connectivity index (χ1) is 7.83. The second kappa shape index (κ2) is 5.70. The molecule has 1 rings (SSSR count). The lowest BCUT2D eigenvalue weighted by Gasteiger charge is -2.13. The van der Waals surface area contributed by atoms with Gasteiger partial charge in [-0.05, 0) is 34.1 Å². The summed E-state index contributed by atoms with van der Waals surface area (Å²) in [6.07, 6.45) is 0. The maximum atomic E-state index is 11.5. The highest BCUT2D eigenvalue weighted by Crippen LogP contribution is 2.24. The van der Waals surface area contributed by atoms with E-state index in [-0.39, 0.29) is 5.75 Å². The summed E-state index contributed by atoms with van der Waals surface area (Å²) in [7, 11) is -0.114. The van der Waals surface area contributed by atoms with Gasteiger partial charge in [0.1, 0.15) is 0 Å². The molecular formula is C10H16BrN3O2S. The van der Waals surface area contributed by atoms with E-state index in [1.54, 1.807) is 12.1 Å². The van der Waals surface area contributed by atoms with E-state index in [4.69, 9.17) is 5.73 Å². The lowest BCUT2D eigenvalue weighted by molar-refractivity contribution is 0.521. The van der Waals surface area contributed by atoms with Gasteiger partial charge in [0, 0.05) is 36.5 Å². The highest BCUT2D eigenvalue weighted by atomic mass is 79.9. The Morgan fingerprint density at radius 2 is 2.06 bits per heavy atom. The predicted octanol–water partition coefficient (Wildman–Crippen LogP) is 1.33. The van der Waals surface area contributed by atoms with Crippen LogP contribution in [0.15, 0.2) is 22.7 Å². The lowest BCUT2D eigenvalue weighted by atomic mass is 10.3. The van der Waals surface area contributed by atoms with Crippen molar-refractivity contribution >= 4 is 37.3 Å². The van der Waals surface area contributed by atoms with Gasteiger partial charge >= 0.3 is 0 Å². The number of nitrogens with zero attached hydrogens (tertiary/aromatic N) is 1. The zero-order valence-electron chi connectivity index (χ0n) is 9.77. The molecule has 0 saturated heterocycles. The average molecular weight is 322 g/mol. The van der Waals surface area contributed by atoms with Crippen molar-refractivity contribution in [2.24, 2.45) is 0 Å². The van der Waals surface area contributed by atoms with Crippen LogP contribution in [0.2, 0.25) is 0 Å². The summed E-state index contributed by atoms with van der Waals surface area (Å²) in [5, 5.41) is 3.04. The first-order valence-electron chi connectivity index (χ1n) is 5.02. The molecule has 7 heteroatoms. The molecule has 96 valence electrons. The predicted molar refractivity (Wildman–Crippen MR) is 74.5 cm³/mol. The van der Waals surface area contributed by atoms with Crippen molar-refractivity contribution in [1.29, 1.82) is 0 Å². The van der Waals surface area contributed by atoms with Crippen LogP contribution in [-0.4, -0.2) is 39.1 Å². The van der Waals surface area contributed by atoms with E-state index in [9.17, 15) is 8.42 Å². The second-order valence-corrected chi connectivity index (χ2v) is 6.92. The van der Waals surface area contributed by atoms with Gasteiger partial charge in [-0.3, -0.25) is 0 Å². The summed E-state index contributed by atoms with van der Waals surface area (Å²) in [5.41, 5.74) is 7.09. The molecule has 17 heavy (non-hydrogen) atoms. The van der Waals surface area contributed by atoms with E-state index in [1.807, 2.05) is 6.07 Å². The third kappa shape index (κ3) is 4.18. The van der Waals surface area contributed by atoms with Crippen molar-refractivity contribution in [2.75, 3.05) is 37.4 Å². The molecule has 1 aromatic rings. The smallest absolute Gasteiger partial charge is 0.215 e. The largest absolute Gasteiger partial charge is 0.399 e. The molecule has 0 spiro atoms. The Balaban J connectivity index is 2.58. The molecule has 0 radical (unpaired) electrons. The second-order valence-electron chi connectivity index (χ2n) is 3.76. The average Bonchev–Trinajstić information content (AvgIpc) is 2.21. The molecule has 1 aromatic carbocycles. The van der Waals surface area contributed by atoms with Crippen molar-refractivity contribution in [2.45, 2.75) is 0 Å². The molecule has 0 atom stereocenters. The van der Waals surface area contributed by atoms with Crippen LogP contribution < -0.4 is 11.1 Å². The highest BCUT2D eigenvalue weighted by Gasteiger charge is 2.12. The number of benzene rings is 1. The molecule has 0 unspecified atom stereocenters. The molecule has 0 bridgehead atoms. The summed E-state index contributed by atoms with van der Waals surface area (Å²) in [4.78, 5) is 0. The number of anilines is 2. The Kier molecular flexibility index (Phi) is 4.79. The van der Waals surface area contributed by atoms with Gasteiger partial charge in [0.05, 0.1) is 5.75 Å². The third-order valence-electron chi connectivity index (χ3n) is 2.22. The molecule has 0 saturated carbocycles. The highest BCUT2D eigenvalue weighted by molar-refractivity contribution is 9.10. The number of rotatable bonds is 5. The number of halogens is 1. The Labute approximate surface area is 110 Å². The number of nitrogens with two attached hydrogens (primary N) is 1. The Morgan fingerprint density at radius 3 is 2.59 bits per heavy atom. The fourth-order valence-electron chi connectivity index (χ4n) is 1.17. The lowest BCUT2D eigenvalue weighted by Crippen LogP contribution is -2.28. The van der Waals surface area contributed by atoms with Gasteiger partial charge in [-0.2, -0.15) is 0 Å². The zero-order chi connectivity index (χ0) is 13.1. The molecule has 0 amide bonds. The van der Waals surface area contributed by atoms with E-state index in [0.717, 1.165) is 10.2 Å². The van der Waals surface area contributed by atoms with Gasteiger partial charge in [-0.25, -0.2) is 12.7 Å². The normalized spacial score (nSPS) is 11.8. The Hall–Kier alpha value is -0.790. The number of hydrogen-bond donors (Lipinski definition) is 2. The standard InChI is InChI=1S/C10H16BrN3O2S/c1-14(2)17(15,16)6-5-13-10-4-3-8(12)7-9(10)11/h3-4,7,13H,5-6,12H2,1-2H3. The van der Waals surface area contributed by atoms with Crippen LogP contribution in [0.4, 0.5) is 11.4 Å².